The molecule has 0 fully saturated rings. The summed E-state index contributed by atoms with van der Waals surface area (Å²) in [5.74, 6) is -2.10. The molecular weight excluding hydrogens is 252 g/mol. The summed E-state index contributed by atoms with van der Waals surface area (Å²) in [5.41, 5.74) is 10.4. The molecule has 0 aliphatic rings. The van der Waals surface area contributed by atoms with Crippen LogP contribution in [-0.4, -0.2) is 33.2 Å². The van der Waals surface area contributed by atoms with Crippen LogP contribution in [0.4, 0.5) is 0 Å². The molecule has 0 aliphatic heterocycles. The van der Waals surface area contributed by atoms with Crippen LogP contribution in [0, 0.1) is 0 Å². The summed E-state index contributed by atoms with van der Waals surface area (Å²) >= 11 is 0. The molecule has 7 N–H and O–H groups in total. The van der Waals surface area contributed by atoms with E-state index in [0.717, 1.165) is 6.08 Å². The standard InChI is InChI=1S/C9H11NO4.C3H5NO/c10-6(9(13)14)3-5-1-2-7(11)8(12)4-5;1-2-3(4)5/h1-2,4,6,11-12H,3,10H2,(H,13,14);2H,1H2,(H2,4,5). The van der Waals surface area contributed by atoms with Crippen LogP contribution in [0.1, 0.15) is 5.56 Å². The number of benzene rings is 1. The number of carboxylic acid groups (broad SMARTS) is 1. The second-order valence-corrected chi connectivity index (χ2v) is 3.58. The highest BCUT2D eigenvalue weighted by Crippen LogP contribution is 2.25. The molecule has 0 saturated carbocycles. The summed E-state index contributed by atoms with van der Waals surface area (Å²) in [4.78, 5) is 19.9. The summed E-state index contributed by atoms with van der Waals surface area (Å²) < 4.78 is 0. The largest absolute Gasteiger partial charge is 0.504 e. The van der Waals surface area contributed by atoms with Gasteiger partial charge in [-0.15, -0.1) is 0 Å². The Balaban J connectivity index is 0.000000555. The smallest absolute Gasteiger partial charge is 0.320 e. The third kappa shape index (κ3) is 6.69. The maximum Gasteiger partial charge on any atom is 0.320 e. The molecule has 1 amide bonds. The number of primary amides is 1. The van der Waals surface area contributed by atoms with Gasteiger partial charge in [-0.2, -0.15) is 0 Å². The zero-order chi connectivity index (χ0) is 15.0. The topological polar surface area (TPSA) is 147 Å². The molecule has 1 aromatic rings. The number of phenols is 2. The Hall–Kier alpha value is -2.54. The predicted octanol–water partition coefficient (Wildman–Crippen LogP) is -0.290. The fourth-order valence-corrected chi connectivity index (χ4v) is 1.04. The van der Waals surface area contributed by atoms with Crippen molar-refractivity contribution in [3.8, 4) is 11.5 Å². The number of phenolic OH excluding ortho intramolecular Hbond substituents is 2. The molecule has 0 heterocycles. The van der Waals surface area contributed by atoms with Gasteiger partial charge < -0.3 is 26.8 Å². The van der Waals surface area contributed by atoms with Crippen LogP contribution in [0.3, 0.4) is 0 Å². The molecule has 0 spiro atoms. The van der Waals surface area contributed by atoms with E-state index in [9.17, 15) is 9.59 Å². The van der Waals surface area contributed by atoms with Gasteiger partial charge in [0.1, 0.15) is 6.04 Å². The quantitative estimate of drug-likeness (QED) is 0.374. The van der Waals surface area contributed by atoms with Crippen molar-refractivity contribution in [2.24, 2.45) is 11.5 Å². The third-order valence-corrected chi connectivity index (χ3v) is 2.01. The Morgan fingerprint density at radius 2 is 1.84 bits per heavy atom. The minimum Gasteiger partial charge on any atom is -0.504 e. The summed E-state index contributed by atoms with van der Waals surface area (Å²) in [6.07, 6.45) is 1.17. The normalized spacial score (nSPS) is 10.8. The minimum absolute atomic E-state index is 0.114. The number of hydrogen-bond donors (Lipinski definition) is 5. The maximum atomic E-state index is 10.4. The average molecular weight is 268 g/mol. The second-order valence-electron chi connectivity index (χ2n) is 3.58. The second kappa shape index (κ2) is 7.72. The number of carbonyl (C=O) groups is 2. The molecule has 0 bridgehead atoms. The van der Waals surface area contributed by atoms with Crippen LogP contribution in [0.15, 0.2) is 30.9 Å². The van der Waals surface area contributed by atoms with Gasteiger partial charge in [-0.3, -0.25) is 9.59 Å². The van der Waals surface area contributed by atoms with E-state index in [1.165, 1.54) is 18.2 Å². The maximum absolute atomic E-state index is 10.4. The Kier molecular flexibility index (Phi) is 6.69. The molecule has 1 aromatic carbocycles. The molecule has 1 rings (SSSR count). The molecule has 19 heavy (non-hydrogen) atoms. The SMILES string of the molecule is C=CC(N)=O.NC(Cc1ccc(O)c(O)c1)C(=O)O. The predicted molar refractivity (Wildman–Crippen MR) is 68.5 cm³/mol. The molecule has 7 heteroatoms. The molecule has 0 radical (unpaired) electrons. The summed E-state index contributed by atoms with van der Waals surface area (Å²) in [6, 6.07) is 3.09. The van der Waals surface area contributed by atoms with Gasteiger partial charge in [-0.1, -0.05) is 12.6 Å². The Bertz CT molecular complexity index is 473. The van der Waals surface area contributed by atoms with Crippen molar-refractivity contribution in [2.75, 3.05) is 0 Å². The first-order chi connectivity index (χ1) is 8.77. The van der Waals surface area contributed by atoms with E-state index in [0.29, 0.717) is 5.56 Å². The third-order valence-electron chi connectivity index (χ3n) is 2.01. The molecule has 0 aliphatic carbocycles. The van der Waals surface area contributed by atoms with E-state index in [2.05, 4.69) is 12.3 Å². The number of nitrogens with two attached hydrogens (primary N) is 2. The lowest BCUT2D eigenvalue weighted by Crippen LogP contribution is -2.32. The first-order valence-corrected chi connectivity index (χ1v) is 5.19. The van der Waals surface area contributed by atoms with Crippen molar-refractivity contribution in [3.05, 3.63) is 36.4 Å². The van der Waals surface area contributed by atoms with Gasteiger partial charge in [-0.05, 0) is 30.2 Å². The lowest BCUT2D eigenvalue weighted by Gasteiger charge is -2.06. The number of carbonyl (C=O) groups excluding carboxylic acids is 1. The minimum atomic E-state index is -1.10. The Morgan fingerprint density at radius 3 is 2.21 bits per heavy atom. The van der Waals surface area contributed by atoms with E-state index >= 15 is 0 Å². The molecule has 104 valence electrons. The van der Waals surface area contributed by atoms with Gasteiger partial charge in [0.25, 0.3) is 0 Å². The van der Waals surface area contributed by atoms with Crippen molar-refractivity contribution in [1.82, 2.24) is 0 Å². The van der Waals surface area contributed by atoms with Gasteiger partial charge in [0.2, 0.25) is 5.91 Å². The first kappa shape index (κ1) is 16.5. The van der Waals surface area contributed by atoms with E-state index < -0.39 is 17.9 Å². The zero-order valence-electron chi connectivity index (χ0n) is 10.1. The van der Waals surface area contributed by atoms with Gasteiger partial charge in [0.05, 0.1) is 0 Å². The van der Waals surface area contributed by atoms with Crippen LogP contribution in [0.25, 0.3) is 0 Å². The number of rotatable bonds is 4. The highest BCUT2D eigenvalue weighted by atomic mass is 16.4. The molecule has 1 unspecified atom stereocenters. The number of amides is 1. The molecular formula is C12H16N2O5. The van der Waals surface area contributed by atoms with E-state index in [1.54, 1.807) is 0 Å². The van der Waals surface area contributed by atoms with E-state index in [1.807, 2.05) is 0 Å². The molecule has 0 aromatic heterocycles. The van der Waals surface area contributed by atoms with Gasteiger partial charge >= 0.3 is 5.97 Å². The first-order valence-electron chi connectivity index (χ1n) is 5.19. The zero-order valence-corrected chi connectivity index (χ0v) is 10.1. The lowest BCUT2D eigenvalue weighted by molar-refractivity contribution is -0.138. The van der Waals surface area contributed by atoms with Crippen LogP contribution < -0.4 is 11.5 Å². The van der Waals surface area contributed by atoms with Crippen molar-refractivity contribution in [1.29, 1.82) is 0 Å². The Labute approximate surface area is 109 Å². The highest BCUT2D eigenvalue weighted by molar-refractivity contribution is 5.84. The Morgan fingerprint density at radius 1 is 1.32 bits per heavy atom. The monoisotopic (exact) mass is 268 g/mol. The van der Waals surface area contributed by atoms with Gasteiger partial charge in [-0.25, -0.2) is 0 Å². The van der Waals surface area contributed by atoms with Gasteiger partial charge in [0.15, 0.2) is 11.5 Å². The van der Waals surface area contributed by atoms with E-state index in [-0.39, 0.29) is 17.9 Å². The van der Waals surface area contributed by atoms with Crippen molar-refractivity contribution >= 4 is 11.9 Å². The number of carboxylic acids is 1. The molecule has 1 atom stereocenters. The van der Waals surface area contributed by atoms with Crippen molar-refractivity contribution in [2.45, 2.75) is 12.5 Å². The summed E-state index contributed by atoms with van der Waals surface area (Å²) in [6.45, 7) is 3.09. The number of hydrogen-bond acceptors (Lipinski definition) is 5. The van der Waals surface area contributed by atoms with Gasteiger partial charge in [0, 0.05) is 0 Å². The van der Waals surface area contributed by atoms with E-state index in [4.69, 9.17) is 21.1 Å². The summed E-state index contributed by atoms with van der Waals surface area (Å²) in [7, 11) is 0. The van der Waals surface area contributed by atoms with Crippen molar-refractivity contribution < 1.29 is 24.9 Å². The average Bonchev–Trinajstić information content (AvgIpc) is 2.34. The number of aromatic hydroxyl groups is 2. The molecule has 0 saturated heterocycles. The lowest BCUT2D eigenvalue weighted by atomic mass is 10.1. The van der Waals surface area contributed by atoms with Crippen LogP contribution in [0.2, 0.25) is 0 Å². The fourth-order valence-electron chi connectivity index (χ4n) is 1.04. The number of aliphatic carboxylic acids is 1. The molecule has 7 nitrogen and oxygen atoms in total. The van der Waals surface area contributed by atoms with Crippen LogP contribution in [-0.2, 0) is 16.0 Å². The highest BCUT2D eigenvalue weighted by Gasteiger charge is 2.12. The van der Waals surface area contributed by atoms with Crippen LogP contribution in [0.5, 0.6) is 11.5 Å². The van der Waals surface area contributed by atoms with Crippen LogP contribution >= 0.6 is 0 Å². The fraction of sp³-hybridized carbons (Fsp3) is 0.167. The van der Waals surface area contributed by atoms with Crippen molar-refractivity contribution in [3.63, 3.8) is 0 Å². The summed E-state index contributed by atoms with van der Waals surface area (Å²) in [5, 5.41) is 26.6.